The molecular formula is C25H27B2F2N3O6. The van der Waals surface area contributed by atoms with E-state index in [2.05, 4.69) is 4.98 Å². The van der Waals surface area contributed by atoms with Crippen LogP contribution < -0.4 is 10.2 Å². The number of benzene rings is 2. The summed E-state index contributed by atoms with van der Waals surface area (Å²) in [5.74, 6) is -4.05. The zero-order valence-corrected chi connectivity index (χ0v) is 21.6. The fraction of sp³-hybridized carbons (Fsp3) is 0.440. The van der Waals surface area contributed by atoms with E-state index in [0.717, 1.165) is 0 Å². The Labute approximate surface area is 219 Å². The number of halogens is 2. The van der Waals surface area contributed by atoms with Crippen LogP contribution in [0.2, 0.25) is 0 Å². The first-order chi connectivity index (χ1) is 17.7. The highest BCUT2D eigenvalue weighted by Crippen LogP contribution is 2.42. The maximum absolute atomic E-state index is 13.6. The lowest BCUT2D eigenvalue weighted by Gasteiger charge is -2.37. The van der Waals surface area contributed by atoms with E-state index in [1.165, 1.54) is 22.8 Å². The summed E-state index contributed by atoms with van der Waals surface area (Å²) in [6.45, 7) is 6.24. The van der Waals surface area contributed by atoms with E-state index in [9.17, 15) is 23.8 Å². The number of aliphatic hydroxyl groups is 2. The van der Waals surface area contributed by atoms with Gasteiger partial charge in [0.25, 0.3) is 5.91 Å². The normalized spacial score (nSPS) is 20.6. The number of nitrogens with zero attached hydrogens (tertiary/aromatic N) is 3. The summed E-state index contributed by atoms with van der Waals surface area (Å²) in [7, 11) is 4.89. The molecule has 0 saturated carbocycles. The van der Waals surface area contributed by atoms with Gasteiger partial charge in [-0.2, -0.15) is 8.78 Å². The molecule has 38 heavy (non-hydrogen) atoms. The second kappa shape index (κ2) is 8.77. The summed E-state index contributed by atoms with van der Waals surface area (Å²) in [4.78, 5) is 19.0. The molecule has 0 aliphatic carbocycles. The van der Waals surface area contributed by atoms with Crippen LogP contribution in [0.1, 0.15) is 63.3 Å². The monoisotopic (exact) mass is 525 g/mol. The van der Waals surface area contributed by atoms with Crippen molar-refractivity contribution in [2.24, 2.45) is 0 Å². The van der Waals surface area contributed by atoms with E-state index >= 15 is 0 Å². The number of alkyl halides is 2. The number of amides is 1. The quantitative estimate of drug-likeness (QED) is 0.390. The van der Waals surface area contributed by atoms with Gasteiger partial charge in [0.05, 0.1) is 33.8 Å². The van der Waals surface area contributed by atoms with Crippen molar-refractivity contribution in [3.8, 4) is 11.4 Å². The molecule has 5 rings (SSSR count). The number of para-hydroxylation sites is 1. The highest BCUT2D eigenvalue weighted by molar-refractivity contribution is 6.62. The second-order valence-corrected chi connectivity index (χ2v) is 10.5. The van der Waals surface area contributed by atoms with Crippen LogP contribution in [0.15, 0.2) is 36.4 Å². The Kier molecular flexibility index (Phi) is 6.14. The molecule has 1 fully saturated rings. The van der Waals surface area contributed by atoms with Crippen LogP contribution in [0.3, 0.4) is 0 Å². The van der Waals surface area contributed by atoms with E-state index in [-0.39, 0.29) is 29.2 Å². The minimum absolute atomic E-state index is 0.0217. The summed E-state index contributed by atoms with van der Waals surface area (Å²) in [5, 5.41) is 20.8. The van der Waals surface area contributed by atoms with Gasteiger partial charge in [-0.15, -0.1) is 0 Å². The van der Waals surface area contributed by atoms with Crippen molar-refractivity contribution >= 4 is 37.4 Å². The zero-order valence-electron chi connectivity index (χ0n) is 21.6. The topological polar surface area (TPSA) is 106 Å². The summed E-state index contributed by atoms with van der Waals surface area (Å²) in [5.41, 5.74) is 0.211. The van der Waals surface area contributed by atoms with E-state index in [1.54, 1.807) is 25.1 Å². The first-order valence-corrected chi connectivity index (χ1v) is 12.2. The molecule has 0 spiro atoms. The molecular weight excluding hydrogens is 498 g/mol. The summed E-state index contributed by atoms with van der Waals surface area (Å²) < 4.78 is 45.6. The van der Waals surface area contributed by atoms with Gasteiger partial charge in [0.2, 0.25) is 0 Å². The van der Waals surface area contributed by atoms with E-state index in [1.807, 2.05) is 27.7 Å². The van der Waals surface area contributed by atoms with Crippen molar-refractivity contribution in [2.45, 2.75) is 70.7 Å². The van der Waals surface area contributed by atoms with E-state index in [4.69, 9.17) is 21.9 Å². The predicted octanol–water partition coefficient (Wildman–Crippen LogP) is 2.60. The number of ether oxygens (including phenoxy) is 1. The van der Waals surface area contributed by atoms with Crippen molar-refractivity contribution in [3.63, 3.8) is 0 Å². The molecule has 3 heterocycles. The first-order valence-electron chi connectivity index (χ1n) is 12.2. The summed E-state index contributed by atoms with van der Waals surface area (Å²) in [6.07, 6.45) is 0.179. The van der Waals surface area contributed by atoms with Gasteiger partial charge in [0, 0.05) is 0 Å². The highest BCUT2D eigenvalue weighted by atomic mass is 19.3. The van der Waals surface area contributed by atoms with Gasteiger partial charge in [-0.1, -0.05) is 19.1 Å². The van der Waals surface area contributed by atoms with Gasteiger partial charge < -0.3 is 24.3 Å². The smallest absolute Gasteiger partial charge is 0.433 e. The molecule has 2 aliphatic rings. The van der Waals surface area contributed by atoms with Gasteiger partial charge in [-0.3, -0.25) is 14.3 Å². The molecule has 3 aromatic rings. The van der Waals surface area contributed by atoms with Crippen LogP contribution in [-0.4, -0.2) is 69.2 Å². The number of fused-ring (bicyclic) bond motifs is 5. The van der Waals surface area contributed by atoms with E-state index in [0.29, 0.717) is 21.4 Å². The molecule has 1 unspecified atom stereocenters. The Bertz CT molecular complexity index is 1410. The number of rotatable bonds is 5. The fourth-order valence-electron chi connectivity index (χ4n) is 4.94. The maximum atomic E-state index is 13.6. The molecule has 0 bridgehead atoms. The average molecular weight is 525 g/mol. The van der Waals surface area contributed by atoms with Crippen LogP contribution in [0, 0.1) is 0 Å². The van der Waals surface area contributed by atoms with Gasteiger partial charge in [-0.25, -0.2) is 4.98 Å². The Morgan fingerprint density at radius 1 is 1.18 bits per heavy atom. The average Bonchev–Trinajstić information content (AvgIpc) is 3.24. The van der Waals surface area contributed by atoms with Gasteiger partial charge in [-0.05, 0) is 63.8 Å². The van der Waals surface area contributed by atoms with Crippen molar-refractivity contribution in [2.75, 3.05) is 0 Å². The van der Waals surface area contributed by atoms with Gasteiger partial charge in [0.1, 0.15) is 11.5 Å². The van der Waals surface area contributed by atoms with Crippen LogP contribution in [0.4, 0.5) is 8.78 Å². The molecule has 13 heteroatoms. The third-order valence-electron chi connectivity index (χ3n) is 7.47. The third-order valence-corrected chi connectivity index (χ3v) is 7.47. The van der Waals surface area contributed by atoms with Gasteiger partial charge >= 0.3 is 13.7 Å². The molecule has 2 aliphatic heterocycles. The van der Waals surface area contributed by atoms with Gasteiger partial charge in [0.15, 0.2) is 19.4 Å². The fourth-order valence-corrected chi connectivity index (χ4v) is 4.94. The van der Waals surface area contributed by atoms with Crippen molar-refractivity contribution < 1.29 is 37.8 Å². The Balaban J connectivity index is 1.80. The molecule has 2 radical (unpaired) electrons. The van der Waals surface area contributed by atoms with Crippen LogP contribution in [0.25, 0.3) is 16.7 Å². The number of imidazole rings is 1. The molecule has 2 aromatic carbocycles. The molecule has 1 aromatic heterocycles. The minimum Gasteiger partial charge on any atom is -0.433 e. The highest BCUT2D eigenvalue weighted by Gasteiger charge is 2.52. The zero-order chi connectivity index (χ0) is 27.8. The number of carbonyl (C=O) groups is 1. The largest absolute Gasteiger partial charge is 0.494 e. The molecule has 2 N–H and O–H groups in total. The Morgan fingerprint density at radius 3 is 2.42 bits per heavy atom. The number of aromatic nitrogens is 2. The van der Waals surface area contributed by atoms with Crippen molar-refractivity contribution in [1.82, 2.24) is 14.5 Å². The minimum atomic E-state index is -3.18. The first kappa shape index (κ1) is 26.6. The lowest BCUT2D eigenvalue weighted by Crippen LogP contribution is -2.53. The summed E-state index contributed by atoms with van der Waals surface area (Å²) >= 11 is 0. The lowest BCUT2D eigenvalue weighted by atomic mass is 9.79. The van der Waals surface area contributed by atoms with Crippen LogP contribution in [0.5, 0.6) is 5.75 Å². The SMILES string of the molecule is [B]C(O)(O)N1C(=O)c2cccc(OC(F)F)c2-n2c(nc3ccc(B4OC(C)(C)C(C)(C)O4)cc32)C1CC. The maximum Gasteiger partial charge on any atom is 0.494 e. The second-order valence-electron chi connectivity index (χ2n) is 10.5. The predicted molar refractivity (Wildman–Crippen MR) is 136 cm³/mol. The Morgan fingerprint density at radius 2 is 1.84 bits per heavy atom. The number of hydrogen-bond donors (Lipinski definition) is 2. The van der Waals surface area contributed by atoms with Crippen LogP contribution >= 0.6 is 0 Å². The molecule has 1 amide bonds. The standard InChI is InChI=1S/C25H27B2F2N3O6/c1-6-16-20-30-15-11-10-13(27-37-23(2,3)24(4,5)38-27)12-17(15)31(20)19-14(21(33)32(16)25(26,34)35)8-7-9-18(19)36-22(28)29/h7-12,16,22,34-35H,6H2,1-5H3. The third kappa shape index (κ3) is 4.08. The molecule has 198 valence electrons. The van der Waals surface area contributed by atoms with Crippen LogP contribution in [-0.2, 0) is 9.31 Å². The van der Waals surface area contributed by atoms with E-state index < -0.39 is 42.7 Å². The number of carbonyl (C=O) groups excluding carboxylic acids is 1. The molecule has 1 atom stereocenters. The number of hydrogen-bond acceptors (Lipinski definition) is 7. The molecule has 1 saturated heterocycles. The summed E-state index contributed by atoms with van der Waals surface area (Å²) in [6, 6.07) is 8.27. The van der Waals surface area contributed by atoms with Crippen molar-refractivity contribution in [3.05, 3.63) is 47.8 Å². The molecule has 9 nitrogen and oxygen atoms in total. The lowest BCUT2D eigenvalue weighted by molar-refractivity contribution is -0.191. The Hall–Kier alpha value is -2.99. The van der Waals surface area contributed by atoms with Crippen molar-refractivity contribution in [1.29, 1.82) is 0 Å².